The van der Waals surface area contributed by atoms with Crippen LogP contribution in [0.3, 0.4) is 0 Å². The Bertz CT molecular complexity index is 775. The van der Waals surface area contributed by atoms with E-state index in [2.05, 4.69) is 15.1 Å². The van der Waals surface area contributed by atoms with Crippen molar-refractivity contribution in [1.82, 2.24) is 9.80 Å². The molecule has 0 atom stereocenters. The molecule has 0 bridgehead atoms. The maximum Gasteiger partial charge on any atom is 0.238 e. The van der Waals surface area contributed by atoms with E-state index in [1.54, 1.807) is 12.1 Å². The summed E-state index contributed by atoms with van der Waals surface area (Å²) < 4.78 is 13.3. The predicted molar refractivity (Wildman–Crippen MR) is 103 cm³/mol. The Morgan fingerprint density at radius 2 is 1.81 bits per heavy atom. The highest BCUT2D eigenvalue weighted by Crippen LogP contribution is 2.22. The van der Waals surface area contributed by atoms with E-state index in [0.29, 0.717) is 11.6 Å². The summed E-state index contributed by atoms with van der Waals surface area (Å²) in [6, 6.07) is 12.2. The van der Waals surface area contributed by atoms with Crippen molar-refractivity contribution in [3.05, 3.63) is 64.4 Å². The second-order valence-electron chi connectivity index (χ2n) is 6.64. The summed E-state index contributed by atoms with van der Waals surface area (Å²) in [5.74, 6) is -0.233. The van der Waals surface area contributed by atoms with Crippen molar-refractivity contribution >= 4 is 23.2 Å². The number of hydrogen-bond donors (Lipinski definition) is 1. The summed E-state index contributed by atoms with van der Waals surface area (Å²) in [6.45, 7) is 6.34. The van der Waals surface area contributed by atoms with Crippen LogP contribution in [0.1, 0.15) is 11.1 Å². The van der Waals surface area contributed by atoms with Gasteiger partial charge in [0, 0.05) is 43.4 Å². The fourth-order valence-electron chi connectivity index (χ4n) is 3.13. The van der Waals surface area contributed by atoms with Crippen LogP contribution in [0.25, 0.3) is 0 Å². The van der Waals surface area contributed by atoms with Crippen molar-refractivity contribution in [1.29, 1.82) is 0 Å². The standard InChI is InChI=1S/C20H23ClFN3O/c1-15-18(21)6-3-7-19(15)23-20(26)14-25-10-8-24(9-11-25)13-16-4-2-5-17(22)12-16/h2-7,12H,8-11,13-14H2,1H3,(H,23,26). The first-order valence-corrected chi connectivity index (χ1v) is 9.13. The van der Waals surface area contributed by atoms with Gasteiger partial charge in [-0.25, -0.2) is 4.39 Å². The number of carbonyl (C=O) groups excluding carboxylic acids is 1. The highest BCUT2D eigenvalue weighted by molar-refractivity contribution is 6.31. The predicted octanol–water partition coefficient (Wildman–Crippen LogP) is 3.54. The van der Waals surface area contributed by atoms with Crippen molar-refractivity contribution in [3.63, 3.8) is 0 Å². The summed E-state index contributed by atoms with van der Waals surface area (Å²) in [5.41, 5.74) is 2.61. The molecule has 0 spiro atoms. The summed E-state index contributed by atoms with van der Waals surface area (Å²) >= 11 is 6.09. The highest BCUT2D eigenvalue weighted by Gasteiger charge is 2.19. The van der Waals surface area contributed by atoms with Gasteiger partial charge in [-0.05, 0) is 42.3 Å². The van der Waals surface area contributed by atoms with E-state index in [4.69, 9.17) is 11.6 Å². The maximum absolute atomic E-state index is 13.3. The van der Waals surface area contributed by atoms with Crippen molar-refractivity contribution in [3.8, 4) is 0 Å². The molecule has 0 unspecified atom stereocenters. The lowest BCUT2D eigenvalue weighted by Crippen LogP contribution is -2.48. The van der Waals surface area contributed by atoms with Gasteiger partial charge in [0.2, 0.25) is 5.91 Å². The zero-order valence-electron chi connectivity index (χ0n) is 14.8. The molecule has 26 heavy (non-hydrogen) atoms. The lowest BCUT2D eigenvalue weighted by atomic mass is 10.2. The van der Waals surface area contributed by atoms with E-state index < -0.39 is 0 Å². The van der Waals surface area contributed by atoms with Gasteiger partial charge in [-0.2, -0.15) is 0 Å². The number of anilines is 1. The minimum atomic E-state index is -0.200. The third-order valence-electron chi connectivity index (χ3n) is 4.67. The first kappa shape index (κ1) is 18.8. The van der Waals surface area contributed by atoms with Gasteiger partial charge in [-0.3, -0.25) is 14.6 Å². The van der Waals surface area contributed by atoms with Crippen LogP contribution in [-0.2, 0) is 11.3 Å². The number of benzene rings is 2. The molecule has 6 heteroatoms. The largest absolute Gasteiger partial charge is 0.325 e. The second-order valence-corrected chi connectivity index (χ2v) is 7.05. The molecule has 0 radical (unpaired) electrons. The minimum absolute atomic E-state index is 0.0334. The van der Waals surface area contributed by atoms with Gasteiger partial charge in [-0.15, -0.1) is 0 Å². The number of carbonyl (C=O) groups is 1. The van der Waals surface area contributed by atoms with Crippen LogP contribution >= 0.6 is 11.6 Å². The Hall–Kier alpha value is -1.95. The number of halogens is 2. The van der Waals surface area contributed by atoms with Gasteiger partial charge in [0.15, 0.2) is 0 Å². The van der Waals surface area contributed by atoms with E-state index in [1.165, 1.54) is 6.07 Å². The third-order valence-corrected chi connectivity index (χ3v) is 5.08. The fraction of sp³-hybridized carbons (Fsp3) is 0.350. The summed E-state index contributed by atoms with van der Waals surface area (Å²) in [7, 11) is 0. The van der Waals surface area contributed by atoms with Crippen LogP contribution in [-0.4, -0.2) is 48.4 Å². The van der Waals surface area contributed by atoms with Crippen molar-refractivity contribution in [2.24, 2.45) is 0 Å². The number of nitrogens with one attached hydrogen (secondary N) is 1. The molecule has 1 amide bonds. The molecule has 0 aromatic heterocycles. The number of rotatable bonds is 5. The Kier molecular flexibility index (Phi) is 6.25. The fourth-order valence-corrected chi connectivity index (χ4v) is 3.31. The molecule has 138 valence electrons. The normalized spacial score (nSPS) is 15.8. The van der Waals surface area contributed by atoms with E-state index >= 15 is 0 Å². The molecule has 4 nitrogen and oxygen atoms in total. The molecule has 1 N–H and O–H groups in total. The lowest BCUT2D eigenvalue weighted by Gasteiger charge is -2.34. The molecular formula is C20H23ClFN3O. The zero-order valence-corrected chi connectivity index (χ0v) is 15.6. The Morgan fingerprint density at radius 3 is 2.54 bits per heavy atom. The average molecular weight is 376 g/mol. The molecule has 1 aliphatic rings. The van der Waals surface area contributed by atoms with Crippen LogP contribution in [0.15, 0.2) is 42.5 Å². The van der Waals surface area contributed by atoms with Crippen LogP contribution in [0, 0.1) is 12.7 Å². The van der Waals surface area contributed by atoms with E-state index in [1.807, 2.05) is 31.2 Å². The van der Waals surface area contributed by atoms with E-state index in [9.17, 15) is 9.18 Å². The topological polar surface area (TPSA) is 35.6 Å². The maximum atomic E-state index is 13.3. The van der Waals surface area contributed by atoms with Crippen LogP contribution < -0.4 is 5.32 Å². The van der Waals surface area contributed by atoms with E-state index in [-0.39, 0.29) is 11.7 Å². The van der Waals surface area contributed by atoms with Gasteiger partial charge in [-0.1, -0.05) is 29.8 Å². The monoisotopic (exact) mass is 375 g/mol. The quantitative estimate of drug-likeness (QED) is 0.868. The van der Waals surface area contributed by atoms with Crippen LogP contribution in [0.2, 0.25) is 5.02 Å². The van der Waals surface area contributed by atoms with E-state index in [0.717, 1.165) is 49.5 Å². The number of piperazine rings is 1. The summed E-state index contributed by atoms with van der Waals surface area (Å²) in [5, 5.41) is 3.58. The smallest absolute Gasteiger partial charge is 0.238 e. The summed E-state index contributed by atoms with van der Waals surface area (Å²) in [6.07, 6.45) is 0. The molecule has 1 fully saturated rings. The SMILES string of the molecule is Cc1c(Cl)cccc1NC(=O)CN1CCN(Cc2cccc(F)c2)CC1. The number of hydrogen-bond acceptors (Lipinski definition) is 3. The first-order chi connectivity index (χ1) is 12.5. The number of nitrogens with zero attached hydrogens (tertiary/aromatic N) is 2. The van der Waals surface area contributed by atoms with Gasteiger partial charge in [0.05, 0.1) is 6.54 Å². The summed E-state index contributed by atoms with van der Waals surface area (Å²) in [4.78, 5) is 16.7. The molecule has 0 aliphatic carbocycles. The van der Waals surface area contributed by atoms with Gasteiger partial charge in [0.25, 0.3) is 0 Å². The Balaban J connectivity index is 1.46. The second kappa shape index (κ2) is 8.62. The average Bonchev–Trinajstić information content (AvgIpc) is 2.61. The van der Waals surface area contributed by atoms with Crippen LogP contribution in [0.5, 0.6) is 0 Å². The third kappa shape index (κ3) is 5.04. The molecule has 3 rings (SSSR count). The van der Waals surface area contributed by atoms with Crippen molar-refractivity contribution in [2.45, 2.75) is 13.5 Å². The molecule has 1 saturated heterocycles. The van der Waals surface area contributed by atoms with Crippen molar-refractivity contribution < 1.29 is 9.18 Å². The van der Waals surface area contributed by atoms with Gasteiger partial charge < -0.3 is 5.32 Å². The van der Waals surface area contributed by atoms with Gasteiger partial charge >= 0.3 is 0 Å². The molecule has 2 aromatic rings. The zero-order chi connectivity index (χ0) is 18.5. The Morgan fingerprint density at radius 1 is 1.12 bits per heavy atom. The molecule has 1 aliphatic heterocycles. The minimum Gasteiger partial charge on any atom is -0.325 e. The molecule has 2 aromatic carbocycles. The molecule has 1 heterocycles. The molecule has 0 saturated carbocycles. The molecular weight excluding hydrogens is 353 g/mol. The Labute approximate surface area is 158 Å². The van der Waals surface area contributed by atoms with Crippen molar-refractivity contribution in [2.75, 3.05) is 38.0 Å². The number of amides is 1. The van der Waals surface area contributed by atoms with Gasteiger partial charge in [0.1, 0.15) is 5.82 Å². The lowest BCUT2D eigenvalue weighted by molar-refractivity contribution is -0.117. The highest BCUT2D eigenvalue weighted by atomic mass is 35.5. The van der Waals surface area contributed by atoms with Crippen LogP contribution in [0.4, 0.5) is 10.1 Å². The first-order valence-electron chi connectivity index (χ1n) is 8.75.